The fourth-order valence-corrected chi connectivity index (χ4v) is 7.82. The number of benzene rings is 7. The Balaban J connectivity index is 1.12. The third kappa shape index (κ3) is 4.48. The summed E-state index contributed by atoms with van der Waals surface area (Å²) in [6, 6.07) is 52.9. The lowest BCUT2D eigenvalue weighted by Gasteiger charge is -2.10. The number of aromatic nitrogens is 3. The second-order valence-corrected chi connectivity index (χ2v) is 13.1. The van der Waals surface area contributed by atoms with E-state index in [4.69, 9.17) is 19.4 Å². The molecule has 10 rings (SSSR count). The minimum absolute atomic E-state index is 0.622. The van der Waals surface area contributed by atoms with E-state index in [0.717, 1.165) is 44.2 Å². The normalized spacial score (nSPS) is 11.8. The van der Waals surface area contributed by atoms with Crippen LogP contribution in [0.5, 0.6) is 0 Å². The summed E-state index contributed by atoms with van der Waals surface area (Å²) in [5.41, 5.74) is 6.83. The first-order chi connectivity index (χ1) is 23.7. The van der Waals surface area contributed by atoms with Crippen molar-refractivity contribution >= 4 is 64.2 Å². The summed E-state index contributed by atoms with van der Waals surface area (Å²) in [5.74, 6) is 1.90. The van der Waals surface area contributed by atoms with Gasteiger partial charge in [0, 0.05) is 47.6 Å². The number of nitrogens with zero attached hydrogens (tertiary/aromatic N) is 3. The molecule has 0 aliphatic carbocycles. The Hall–Kier alpha value is -6.17. The smallest absolute Gasteiger partial charge is 0.164 e. The topological polar surface area (TPSA) is 51.8 Å². The molecule has 48 heavy (non-hydrogen) atoms. The summed E-state index contributed by atoms with van der Waals surface area (Å²) in [4.78, 5) is 15.2. The first-order valence-corrected chi connectivity index (χ1v) is 16.7. The van der Waals surface area contributed by atoms with Crippen LogP contribution in [0.2, 0.25) is 0 Å². The molecule has 5 heteroatoms. The Morgan fingerprint density at radius 2 is 0.938 bits per heavy atom. The Bertz CT molecular complexity index is 2850. The SMILES string of the molecule is c1ccc2cc(-c3ccc(-c4nc(-c5ccc6c(c5)sc5ccccc56)nc(-c5ccc6oc7ccccc7c6c5)n4)cc3)ccc2c1. The van der Waals surface area contributed by atoms with Crippen LogP contribution < -0.4 is 0 Å². The van der Waals surface area contributed by atoms with Crippen LogP contribution in [-0.4, -0.2) is 15.0 Å². The van der Waals surface area contributed by atoms with E-state index in [1.807, 2.05) is 30.3 Å². The fraction of sp³-hybridized carbons (Fsp3) is 0. The summed E-state index contributed by atoms with van der Waals surface area (Å²) in [6.07, 6.45) is 0. The third-order valence-corrected chi connectivity index (χ3v) is 10.3. The Morgan fingerprint density at radius 3 is 1.79 bits per heavy atom. The number of hydrogen-bond donors (Lipinski definition) is 0. The average Bonchev–Trinajstić information content (AvgIpc) is 3.72. The second kappa shape index (κ2) is 10.7. The lowest BCUT2D eigenvalue weighted by Crippen LogP contribution is -2.00. The van der Waals surface area contributed by atoms with E-state index in [2.05, 4.69) is 121 Å². The van der Waals surface area contributed by atoms with Gasteiger partial charge in [0.15, 0.2) is 17.5 Å². The molecule has 224 valence electrons. The minimum atomic E-state index is 0.622. The summed E-state index contributed by atoms with van der Waals surface area (Å²) >= 11 is 1.79. The lowest BCUT2D eigenvalue weighted by atomic mass is 10.00. The molecular formula is C43H25N3OS. The van der Waals surface area contributed by atoms with Gasteiger partial charge in [0.25, 0.3) is 0 Å². The van der Waals surface area contributed by atoms with Crippen molar-refractivity contribution in [2.24, 2.45) is 0 Å². The highest BCUT2D eigenvalue weighted by molar-refractivity contribution is 7.25. The van der Waals surface area contributed by atoms with E-state index in [9.17, 15) is 0 Å². The molecule has 0 saturated carbocycles. The van der Waals surface area contributed by atoms with Crippen molar-refractivity contribution in [2.75, 3.05) is 0 Å². The number of rotatable bonds is 4. The number of para-hydroxylation sites is 1. The highest BCUT2D eigenvalue weighted by Crippen LogP contribution is 2.37. The molecule has 4 nitrogen and oxygen atoms in total. The fourth-order valence-electron chi connectivity index (χ4n) is 6.67. The number of hydrogen-bond acceptors (Lipinski definition) is 5. The van der Waals surface area contributed by atoms with Gasteiger partial charge in [-0.15, -0.1) is 11.3 Å². The molecule has 3 aromatic heterocycles. The van der Waals surface area contributed by atoms with Crippen molar-refractivity contribution in [3.05, 3.63) is 152 Å². The molecule has 0 bridgehead atoms. The maximum atomic E-state index is 6.11. The molecule has 0 aliphatic rings. The van der Waals surface area contributed by atoms with Crippen LogP contribution >= 0.6 is 11.3 Å². The molecule has 7 aromatic carbocycles. The van der Waals surface area contributed by atoms with E-state index < -0.39 is 0 Å². The Labute approximate surface area is 279 Å². The van der Waals surface area contributed by atoms with Gasteiger partial charge in [0.1, 0.15) is 11.2 Å². The van der Waals surface area contributed by atoms with Gasteiger partial charge in [-0.1, -0.05) is 109 Å². The molecule has 0 unspecified atom stereocenters. The van der Waals surface area contributed by atoms with Crippen LogP contribution in [-0.2, 0) is 0 Å². The summed E-state index contributed by atoms with van der Waals surface area (Å²) < 4.78 is 8.60. The Morgan fingerprint density at radius 1 is 0.354 bits per heavy atom. The molecule has 0 saturated heterocycles. The van der Waals surface area contributed by atoms with Crippen LogP contribution in [0.25, 0.3) is 98.2 Å². The molecule has 0 atom stereocenters. The van der Waals surface area contributed by atoms with Gasteiger partial charge in [-0.25, -0.2) is 15.0 Å². The van der Waals surface area contributed by atoms with E-state index in [0.29, 0.717) is 17.5 Å². The maximum absolute atomic E-state index is 6.11. The van der Waals surface area contributed by atoms with Crippen LogP contribution in [0.3, 0.4) is 0 Å². The van der Waals surface area contributed by atoms with Crippen molar-refractivity contribution in [1.29, 1.82) is 0 Å². The monoisotopic (exact) mass is 631 g/mol. The molecular weight excluding hydrogens is 607 g/mol. The molecule has 10 aromatic rings. The quantitative estimate of drug-likeness (QED) is 0.194. The van der Waals surface area contributed by atoms with Crippen LogP contribution in [0.1, 0.15) is 0 Å². The van der Waals surface area contributed by atoms with E-state index >= 15 is 0 Å². The van der Waals surface area contributed by atoms with Gasteiger partial charge < -0.3 is 4.42 Å². The van der Waals surface area contributed by atoms with E-state index in [1.54, 1.807) is 11.3 Å². The summed E-state index contributed by atoms with van der Waals surface area (Å²) in [7, 11) is 0. The molecule has 0 spiro atoms. The minimum Gasteiger partial charge on any atom is -0.456 e. The van der Waals surface area contributed by atoms with Crippen LogP contribution in [0.15, 0.2) is 156 Å². The van der Waals surface area contributed by atoms with Gasteiger partial charge in [-0.2, -0.15) is 0 Å². The van der Waals surface area contributed by atoms with Gasteiger partial charge >= 0.3 is 0 Å². The van der Waals surface area contributed by atoms with Gasteiger partial charge in [0.05, 0.1) is 0 Å². The largest absolute Gasteiger partial charge is 0.456 e. The second-order valence-electron chi connectivity index (χ2n) is 12.1. The first-order valence-electron chi connectivity index (χ1n) is 15.9. The molecule has 0 aliphatic heterocycles. The third-order valence-electron chi connectivity index (χ3n) is 9.13. The van der Waals surface area contributed by atoms with Gasteiger partial charge in [-0.3, -0.25) is 0 Å². The zero-order valence-corrected chi connectivity index (χ0v) is 26.4. The molecule has 0 amide bonds. The van der Waals surface area contributed by atoms with Crippen molar-refractivity contribution in [2.45, 2.75) is 0 Å². The molecule has 0 N–H and O–H groups in total. The predicted molar refractivity (Wildman–Crippen MR) is 199 cm³/mol. The zero-order chi connectivity index (χ0) is 31.6. The van der Waals surface area contributed by atoms with Crippen molar-refractivity contribution < 1.29 is 4.42 Å². The lowest BCUT2D eigenvalue weighted by molar-refractivity contribution is 0.669. The van der Waals surface area contributed by atoms with Crippen molar-refractivity contribution in [1.82, 2.24) is 15.0 Å². The van der Waals surface area contributed by atoms with E-state index in [-0.39, 0.29) is 0 Å². The standard InChI is InChI=1S/C43H25N3OS/c1-2-8-29-23-30(18-15-26(29)7-1)27-13-16-28(17-14-27)41-44-42(31-20-22-38-36(24-31)33-9-3-5-11-37(33)47-38)46-43(45-41)32-19-21-35-34-10-4-6-12-39(34)48-40(35)25-32/h1-25H. The summed E-state index contributed by atoms with van der Waals surface area (Å²) in [5, 5.41) is 7.09. The van der Waals surface area contributed by atoms with Crippen molar-refractivity contribution in [3.63, 3.8) is 0 Å². The number of furan rings is 1. The maximum Gasteiger partial charge on any atom is 0.164 e. The molecule has 0 fully saturated rings. The van der Waals surface area contributed by atoms with Gasteiger partial charge in [0.2, 0.25) is 0 Å². The van der Waals surface area contributed by atoms with Crippen molar-refractivity contribution in [3.8, 4) is 45.3 Å². The Kier molecular flexibility index (Phi) is 6.01. The van der Waals surface area contributed by atoms with Crippen LogP contribution in [0, 0.1) is 0 Å². The average molecular weight is 632 g/mol. The van der Waals surface area contributed by atoms with Gasteiger partial charge in [-0.05, 0) is 64.4 Å². The zero-order valence-electron chi connectivity index (χ0n) is 25.6. The highest BCUT2D eigenvalue weighted by Gasteiger charge is 2.16. The molecule has 3 heterocycles. The number of thiophene rings is 1. The molecule has 0 radical (unpaired) electrons. The summed E-state index contributed by atoms with van der Waals surface area (Å²) in [6.45, 7) is 0. The predicted octanol–water partition coefficient (Wildman–Crippen LogP) is 12.0. The first kappa shape index (κ1) is 27.0. The van der Waals surface area contributed by atoms with E-state index in [1.165, 1.54) is 36.5 Å². The highest BCUT2D eigenvalue weighted by atomic mass is 32.1. The van der Waals surface area contributed by atoms with Crippen LogP contribution in [0.4, 0.5) is 0 Å². The number of fused-ring (bicyclic) bond motifs is 7.